The highest BCUT2D eigenvalue weighted by Gasteiger charge is 2.04. The minimum atomic E-state index is 0.412. The third-order valence-electron chi connectivity index (χ3n) is 4.72. The average molecular weight is 396 g/mol. The summed E-state index contributed by atoms with van der Waals surface area (Å²) in [6.07, 6.45) is 1.89. The van der Waals surface area contributed by atoms with E-state index in [0.717, 1.165) is 33.2 Å². The van der Waals surface area contributed by atoms with Crippen LogP contribution in [0.4, 0.5) is 0 Å². The van der Waals surface area contributed by atoms with Crippen LogP contribution in [0.25, 0.3) is 22.4 Å². The van der Waals surface area contributed by atoms with E-state index in [2.05, 4.69) is 18.2 Å². The van der Waals surface area contributed by atoms with Gasteiger partial charge in [0.1, 0.15) is 12.4 Å². The number of nitrogens with zero attached hydrogens (tertiary/aromatic N) is 1. The number of benzene rings is 4. The summed E-state index contributed by atoms with van der Waals surface area (Å²) in [5, 5.41) is 12.6. The van der Waals surface area contributed by atoms with Gasteiger partial charge < -0.3 is 4.74 Å². The lowest BCUT2D eigenvalue weighted by molar-refractivity contribution is 0.306. The van der Waals surface area contributed by atoms with Crippen molar-refractivity contribution in [3.8, 4) is 11.8 Å². The van der Waals surface area contributed by atoms with E-state index in [4.69, 9.17) is 16.3 Å². The SMILES string of the molecule is N#C/C(=C/c1ccc(OCc2ccccc2Cl)cc1)c1ccc2ccccc2c1. The molecule has 0 aliphatic rings. The lowest BCUT2D eigenvalue weighted by Crippen LogP contribution is -1.95. The van der Waals surface area contributed by atoms with E-state index >= 15 is 0 Å². The molecule has 4 aromatic carbocycles. The third-order valence-corrected chi connectivity index (χ3v) is 5.09. The van der Waals surface area contributed by atoms with Gasteiger partial charge in [-0.15, -0.1) is 0 Å². The summed E-state index contributed by atoms with van der Waals surface area (Å²) in [5.41, 5.74) is 3.42. The molecule has 0 N–H and O–H groups in total. The van der Waals surface area contributed by atoms with Crippen molar-refractivity contribution in [1.29, 1.82) is 5.26 Å². The standard InChI is InChI=1S/C26H18ClNO/c27-26-8-4-3-7-23(26)18-29-25-13-9-19(10-14-25)15-24(17-28)22-12-11-20-5-1-2-6-21(20)16-22/h1-16H,18H2/b24-15-. The van der Waals surface area contributed by atoms with E-state index < -0.39 is 0 Å². The smallest absolute Gasteiger partial charge is 0.119 e. The summed E-state index contributed by atoms with van der Waals surface area (Å²) in [6, 6.07) is 31.9. The quantitative estimate of drug-likeness (QED) is 0.266. The van der Waals surface area contributed by atoms with Gasteiger partial charge >= 0.3 is 0 Å². The third kappa shape index (κ3) is 4.48. The predicted molar refractivity (Wildman–Crippen MR) is 120 cm³/mol. The van der Waals surface area contributed by atoms with Crippen LogP contribution >= 0.6 is 11.6 Å². The zero-order valence-electron chi connectivity index (χ0n) is 15.7. The monoisotopic (exact) mass is 395 g/mol. The van der Waals surface area contributed by atoms with Gasteiger partial charge in [0.25, 0.3) is 0 Å². The number of ether oxygens (including phenoxy) is 1. The van der Waals surface area contributed by atoms with Crippen LogP contribution in [0.3, 0.4) is 0 Å². The van der Waals surface area contributed by atoms with E-state index in [1.54, 1.807) is 0 Å². The Labute approximate surface area is 175 Å². The Morgan fingerprint density at radius 1 is 0.862 bits per heavy atom. The first-order chi connectivity index (χ1) is 14.2. The molecule has 3 heteroatoms. The molecule has 0 aliphatic heterocycles. The van der Waals surface area contributed by atoms with Crippen molar-refractivity contribution in [2.45, 2.75) is 6.61 Å². The summed E-state index contributed by atoms with van der Waals surface area (Å²) >= 11 is 6.17. The molecule has 0 amide bonds. The molecule has 0 aromatic heterocycles. The van der Waals surface area contributed by atoms with Crippen LogP contribution in [0.2, 0.25) is 5.02 Å². The van der Waals surface area contributed by atoms with Gasteiger partial charge in [0.2, 0.25) is 0 Å². The van der Waals surface area contributed by atoms with E-state index in [1.807, 2.05) is 84.9 Å². The molecule has 0 unspecified atom stereocenters. The largest absolute Gasteiger partial charge is 0.489 e. The number of halogens is 1. The van der Waals surface area contributed by atoms with E-state index in [0.29, 0.717) is 17.2 Å². The lowest BCUT2D eigenvalue weighted by atomic mass is 10.0. The molecule has 0 aliphatic carbocycles. The molecule has 2 nitrogen and oxygen atoms in total. The first-order valence-electron chi connectivity index (χ1n) is 9.30. The molecule has 0 saturated carbocycles. The van der Waals surface area contributed by atoms with Crippen molar-refractivity contribution < 1.29 is 4.74 Å². The first-order valence-corrected chi connectivity index (χ1v) is 9.68. The van der Waals surface area contributed by atoms with Crippen LogP contribution < -0.4 is 4.74 Å². The minimum Gasteiger partial charge on any atom is -0.489 e. The fourth-order valence-electron chi connectivity index (χ4n) is 3.14. The minimum absolute atomic E-state index is 0.412. The highest BCUT2D eigenvalue weighted by Crippen LogP contribution is 2.24. The Morgan fingerprint density at radius 2 is 1.59 bits per heavy atom. The Hall–Kier alpha value is -3.54. The molecule has 0 atom stereocenters. The van der Waals surface area contributed by atoms with Crippen molar-refractivity contribution in [3.63, 3.8) is 0 Å². The maximum Gasteiger partial charge on any atom is 0.119 e. The van der Waals surface area contributed by atoms with Gasteiger partial charge in [0, 0.05) is 10.6 Å². The van der Waals surface area contributed by atoms with Crippen LogP contribution in [0.15, 0.2) is 91.0 Å². The molecule has 140 valence electrons. The zero-order chi connectivity index (χ0) is 20.1. The Balaban J connectivity index is 1.52. The topological polar surface area (TPSA) is 33.0 Å². The second-order valence-electron chi connectivity index (χ2n) is 6.68. The normalized spacial score (nSPS) is 11.2. The van der Waals surface area contributed by atoms with Crippen LogP contribution in [0.5, 0.6) is 5.75 Å². The lowest BCUT2D eigenvalue weighted by Gasteiger charge is -2.08. The number of allylic oxidation sites excluding steroid dienone is 1. The summed E-state index contributed by atoms with van der Waals surface area (Å²) < 4.78 is 5.82. The summed E-state index contributed by atoms with van der Waals surface area (Å²) in [6.45, 7) is 0.412. The van der Waals surface area contributed by atoms with Crippen LogP contribution in [-0.4, -0.2) is 0 Å². The second-order valence-corrected chi connectivity index (χ2v) is 7.09. The fraction of sp³-hybridized carbons (Fsp3) is 0.0385. The molecular weight excluding hydrogens is 378 g/mol. The van der Waals surface area contributed by atoms with Gasteiger partial charge in [0.15, 0.2) is 0 Å². The number of fused-ring (bicyclic) bond motifs is 1. The molecule has 29 heavy (non-hydrogen) atoms. The van der Waals surface area contributed by atoms with E-state index in [1.165, 1.54) is 0 Å². The number of nitriles is 1. The first kappa shape index (κ1) is 18.8. The van der Waals surface area contributed by atoms with Crippen LogP contribution in [-0.2, 0) is 6.61 Å². The van der Waals surface area contributed by atoms with Gasteiger partial charge in [-0.3, -0.25) is 0 Å². The molecule has 0 spiro atoms. The van der Waals surface area contributed by atoms with Crippen molar-refractivity contribution in [2.75, 3.05) is 0 Å². The van der Waals surface area contributed by atoms with Gasteiger partial charge in [0.05, 0.1) is 11.6 Å². The van der Waals surface area contributed by atoms with Gasteiger partial charge in [-0.25, -0.2) is 0 Å². The molecular formula is C26H18ClNO. The Morgan fingerprint density at radius 3 is 2.34 bits per heavy atom. The summed E-state index contributed by atoms with van der Waals surface area (Å²) in [4.78, 5) is 0. The van der Waals surface area contributed by atoms with Gasteiger partial charge in [-0.2, -0.15) is 5.26 Å². The summed E-state index contributed by atoms with van der Waals surface area (Å²) in [7, 11) is 0. The zero-order valence-corrected chi connectivity index (χ0v) is 16.4. The second kappa shape index (κ2) is 8.65. The van der Waals surface area contributed by atoms with Gasteiger partial charge in [-0.05, 0) is 52.2 Å². The molecule has 0 bridgehead atoms. The predicted octanol–water partition coefficient (Wildman–Crippen LogP) is 7.14. The van der Waals surface area contributed by atoms with E-state index in [-0.39, 0.29) is 0 Å². The highest BCUT2D eigenvalue weighted by atomic mass is 35.5. The number of hydrogen-bond acceptors (Lipinski definition) is 2. The number of rotatable bonds is 5. The molecule has 0 saturated heterocycles. The van der Waals surface area contributed by atoms with Crippen molar-refractivity contribution in [1.82, 2.24) is 0 Å². The highest BCUT2D eigenvalue weighted by molar-refractivity contribution is 6.31. The Kier molecular flexibility index (Phi) is 5.61. The molecule has 0 fully saturated rings. The molecule has 4 aromatic rings. The van der Waals surface area contributed by atoms with Crippen molar-refractivity contribution >= 4 is 34.0 Å². The van der Waals surface area contributed by atoms with Crippen molar-refractivity contribution in [3.05, 3.63) is 113 Å². The maximum absolute atomic E-state index is 9.65. The molecule has 0 heterocycles. The van der Waals surface area contributed by atoms with Gasteiger partial charge in [-0.1, -0.05) is 78.3 Å². The average Bonchev–Trinajstić information content (AvgIpc) is 2.77. The fourth-order valence-corrected chi connectivity index (χ4v) is 3.33. The van der Waals surface area contributed by atoms with Crippen molar-refractivity contribution in [2.24, 2.45) is 0 Å². The maximum atomic E-state index is 9.65. The van der Waals surface area contributed by atoms with E-state index in [9.17, 15) is 5.26 Å². The Bertz CT molecular complexity index is 1220. The number of hydrogen-bond donors (Lipinski definition) is 0. The molecule has 0 radical (unpaired) electrons. The summed E-state index contributed by atoms with van der Waals surface area (Å²) in [5.74, 6) is 0.756. The molecule has 4 rings (SSSR count). The van der Waals surface area contributed by atoms with Crippen LogP contribution in [0.1, 0.15) is 16.7 Å². The van der Waals surface area contributed by atoms with Crippen LogP contribution in [0, 0.1) is 11.3 Å².